The lowest BCUT2D eigenvalue weighted by atomic mass is 10.2. The molecule has 1 aromatic rings. The van der Waals surface area contributed by atoms with Gasteiger partial charge in [-0.2, -0.15) is 0 Å². The Labute approximate surface area is 112 Å². The lowest BCUT2D eigenvalue weighted by Crippen LogP contribution is -2.25. The van der Waals surface area contributed by atoms with Crippen LogP contribution in [0.2, 0.25) is 0 Å². The lowest BCUT2D eigenvalue weighted by Gasteiger charge is -2.20. The minimum Gasteiger partial charge on any atom is -0.309 e. The molecule has 2 rings (SSSR count). The molecule has 0 radical (unpaired) electrons. The van der Waals surface area contributed by atoms with Crippen molar-refractivity contribution in [2.75, 3.05) is 39.5 Å². The predicted molar refractivity (Wildman–Crippen MR) is 74.0 cm³/mol. The van der Waals surface area contributed by atoms with E-state index in [2.05, 4.69) is 22.2 Å². The van der Waals surface area contributed by atoms with Crippen LogP contribution < -0.4 is 5.32 Å². The van der Waals surface area contributed by atoms with Crippen LogP contribution in [0.5, 0.6) is 0 Å². The summed E-state index contributed by atoms with van der Waals surface area (Å²) in [6.07, 6.45) is 1.49. The zero-order chi connectivity index (χ0) is 13.1. The van der Waals surface area contributed by atoms with Crippen LogP contribution in [0, 0.1) is 0 Å². The molecule has 0 saturated heterocycles. The van der Waals surface area contributed by atoms with Crippen molar-refractivity contribution in [2.45, 2.75) is 19.4 Å². The summed E-state index contributed by atoms with van der Waals surface area (Å²) in [6.45, 7) is 2.75. The van der Waals surface area contributed by atoms with Crippen LogP contribution in [0.4, 0.5) is 5.13 Å². The third-order valence-corrected chi connectivity index (χ3v) is 3.95. The number of hydrogen-bond donors (Lipinski definition) is 1. The van der Waals surface area contributed by atoms with Gasteiger partial charge in [-0.25, -0.2) is 4.98 Å². The molecule has 0 bridgehead atoms. The zero-order valence-electron chi connectivity index (χ0n) is 11.2. The van der Waals surface area contributed by atoms with Crippen molar-refractivity contribution >= 4 is 22.4 Å². The molecule has 5 nitrogen and oxygen atoms in total. The largest absolute Gasteiger partial charge is 0.309 e. The van der Waals surface area contributed by atoms with Gasteiger partial charge in [-0.05, 0) is 21.1 Å². The number of carbonyl (C=O) groups excluding carboxylic acids is 1. The Morgan fingerprint density at radius 1 is 1.56 bits per heavy atom. The molecular formula is C12H20N4OS. The van der Waals surface area contributed by atoms with E-state index in [4.69, 9.17) is 0 Å². The molecule has 1 aliphatic rings. The number of thiazole rings is 1. The molecule has 1 aliphatic heterocycles. The topological polar surface area (TPSA) is 48.5 Å². The van der Waals surface area contributed by atoms with Gasteiger partial charge in [0.25, 0.3) is 0 Å². The van der Waals surface area contributed by atoms with E-state index in [0.29, 0.717) is 6.42 Å². The Bertz CT molecular complexity index is 430. The van der Waals surface area contributed by atoms with Gasteiger partial charge in [0, 0.05) is 37.4 Å². The molecule has 100 valence electrons. The maximum atomic E-state index is 11.7. The molecule has 0 spiro atoms. The van der Waals surface area contributed by atoms with Crippen LogP contribution in [0.15, 0.2) is 0 Å². The second-order valence-electron chi connectivity index (χ2n) is 4.98. The van der Waals surface area contributed by atoms with Crippen LogP contribution in [-0.2, 0) is 17.8 Å². The van der Waals surface area contributed by atoms with Gasteiger partial charge >= 0.3 is 0 Å². The second-order valence-corrected chi connectivity index (χ2v) is 6.06. The van der Waals surface area contributed by atoms with E-state index in [-0.39, 0.29) is 5.91 Å². The second kappa shape index (κ2) is 5.77. The van der Waals surface area contributed by atoms with Crippen LogP contribution in [-0.4, -0.2) is 54.9 Å². The molecule has 18 heavy (non-hydrogen) atoms. The SMILES string of the molecule is CN(C)CCC(=O)Nc1nc2c(s1)CN(C)CC2. The number of nitrogens with one attached hydrogen (secondary N) is 1. The number of anilines is 1. The normalized spacial score (nSPS) is 15.8. The summed E-state index contributed by atoms with van der Waals surface area (Å²) in [5.74, 6) is 0.0446. The van der Waals surface area contributed by atoms with Crippen molar-refractivity contribution in [3.05, 3.63) is 10.6 Å². The zero-order valence-corrected chi connectivity index (χ0v) is 12.0. The number of carbonyl (C=O) groups is 1. The fourth-order valence-electron chi connectivity index (χ4n) is 1.88. The highest BCUT2D eigenvalue weighted by atomic mass is 32.1. The van der Waals surface area contributed by atoms with Crippen molar-refractivity contribution in [3.63, 3.8) is 0 Å². The number of hydrogen-bond acceptors (Lipinski definition) is 5. The Morgan fingerprint density at radius 2 is 2.33 bits per heavy atom. The molecule has 0 aliphatic carbocycles. The third-order valence-electron chi connectivity index (χ3n) is 2.95. The van der Waals surface area contributed by atoms with Crippen molar-refractivity contribution in [1.82, 2.24) is 14.8 Å². The fraction of sp³-hybridized carbons (Fsp3) is 0.667. The van der Waals surface area contributed by atoms with Crippen molar-refractivity contribution < 1.29 is 4.79 Å². The number of aromatic nitrogens is 1. The minimum absolute atomic E-state index is 0.0446. The number of rotatable bonds is 4. The fourth-order valence-corrected chi connectivity index (χ4v) is 2.99. The van der Waals surface area contributed by atoms with Crippen molar-refractivity contribution in [2.24, 2.45) is 0 Å². The number of fused-ring (bicyclic) bond motifs is 1. The Morgan fingerprint density at radius 3 is 3.06 bits per heavy atom. The summed E-state index contributed by atoms with van der Waals surface area (Å²) in [7, 11) is 6.04. The Hall–Kier alpha value is -0.980. The average molecular weight is 268 g/mol. The summed E-state index contributed by atoms with van der Waals surface area (Å²) in [6, 6.07) is 0. The predicted octanol–water partition coefficient (Wildman–Crippen LogP) is 1.02. The summed E-state index contributed by atoms with van der Waals surface area (Å²) < 4.78 is 0. The van der Waals surface area contributed by atoms with Gasteiger partial charge < -0.3 is 15.1 Å². The van der Waals surface area contributed by atoms with Gasteiger partial charge in [-0.15, -0.1) is 11.3 Å². The van der Waals surface area contributed by atoms with E-state index < -0.39 is 0 Å². The maximum Gasteiger partial charge on any atom is 0.227 e. The number of likely N-dealkylation sites (N-methyl/N-ethyl adjacent to an activating group) is 1. The highest BCUT2D eigenvalue weighted by molar-refractivity contribution is 7.15. The van der Waals surface area contributed by atoms with Gasteiger partial charge in [0.15, 0.2) is 5.13 Å². The van der Waals surface area contributed by atoms with Gasteiger partial charge in [0.1, 0.15) is 0 Å². The molecule has 1 N–H and O–H groups in total. The lowest BCUT2D eigenvalue weighted by molar-refractivity contribution is -0.116. The Balaban J connectivity index is 1.92. The first-order chi connectivity index (χ1) is 8.54. The maximum absolute atomic E-state index is 11.7. The number of amides is 1. The third kappa shape index (κ3) is 3.51. The molecule has 0 unspecified atom stereocenters. The van der Waals surface area contributed by atoms with E-state index in [0.717, 1.165) is 36.9 Å². The van der Waals surface area contributed by atoms with Crippen molar-refractivity contribution in [1.29, 1.82) is 0 Å². The standard InChI is InChI=1S/C12H20N4OS/c1-15(2)6-5-11(17)14-12-13-9-4-7-16(3)8-10(9)18-12/h4-8H2,1-3H3,(H,13,14,17). The first-order valence-corrected chi connectivity index (χ1v) is 6.98. The molecule has 0 atom stereocenters. The van der Waals surface area contributed by atoms with E-state index in [1.807, 2.05) is 19.0 Å². The molecule has 0 fully saturated rings. The Kier molecular flexibility index (Phi) is 4.31. The first kappa shape index (κ1) is 13.5. The molecule has 2 heterocycles. The first-order valence-electron chi connectivity index (χ1n) is 6.16. The van der Waals surface area contributed by atoms with E-state index in [1.54, 1.807) is 11.3 Å². The van der Waals surface area contributed by atoms with Crippen LogP contribution in [0.1, 0.15) is 17.0 Å². The van der Waals surface area contributed by atoms with E-state index in [9.17, 15) is 4.79 Å². The molecule has 6 heteroatoms. The summed E-state index contributed by atoms with van der Waals surface area (Å²) in [5, 5.41) is 3.64. The molecule has 1 aromatic heterocycles. The quantitative estimate of drug-likeness (QED) is 0.886. The van der Waals surface area contributed by atoms with Gasteiger partial charge in [-0.3, -0.25) is 4.79 Å². The van der Waals surface area contributed by atoms with Crippen LogP contribution in [0.3, 0.4) is 0 Å². The van der Waals surface area contributed by atoms with Gasteiger partial charge in [-0.1, -0.05) is 0 Å². The smallest absolute Gasteiger partial charge is 0.227 e. The van der Waals surface area contributed by atoms with Gasteiger partial charge in [0.2, 0.25) is 5.91 Å². The van der Waals surface area contributed by atoms with Crippen molar-refractivity contribution in [3.8, 4) is 0 Å². The van der Waals surface area contributed by atoms with Crippen LogP contribution in [0.25, 0.3) is 0 Å². The highest BCUT2D eigenvalue weighted by Crippen LogP contribution is 2.27. The minimum atomic E-state index is 0.0446. The van der Waals surface area contributed by atoms with Gasteiger partial charge in [0.05, 0.1) is 5.69 Å². The van der Waals surface area contributed by atoms with E-state index in [1.165, 1.54) is 4.88 Å². The average Bonchev–Trinajstić information content (AvgIpc) is 2.67. The molecule has 0 aromatic carbocycles. The number of nitrogens with zero attached hydrogens (tertiary/aromatic N) is 3. The van der Waals surface area contributed by atoms with Crippen LogP contribution >= 0.6 is 11.3 Å². The monoisotopic (exact) mass is 268 g/mol. The molecule has 0 saturated carbocycles. The summed E-state index contributed by atoms with van der Waals surface area (Å²) in [5.41, 5.74) is 1.15. The molecule has 1 amide bonds. The van der Waals surface area contributed by atoms with E-state index >= 15 is 0 Å². The summed E-state index contributed by atoms with van der Waals surface area (Å²) in [4.78, 5) is 21.8. The highest BCUT2D eigenvalue weighted by Gasteiger charge is 2.18. The summed E-state index contributed by atoms with van der Waals surface area (Å²) >= 11 is 1.60. The molecular weight excluding hydrogens is 248 g/mol.